The zero-order valence-corrected chi connectivity index (χ0v) is 12.2. The molecule has 0 fully saturated rings. The molecule has 0 heterocycles. The molecule has 0 aromatic heterocycles. The van der Waals surface area contributed by atoms with E-state index < -0.39 is 0 Å². The second kappa shape index (κ2) is 6.63. The van der Waals surface area contributed by atoms with Crippen molar-refractivity contribution in [1.29, 1.82) is 0 Å². The molecule has 0 spiro atoms. The van der Waals surface area contributed by atoms with Gasteiger partial charge < -0.3 is 4.74 Å². The second-order valence-electron chi connectivity index (χ2n) is 4.73. The lowest BCUT2D eigenvalue weighted by Gasteiger charge is -2.12. The Hall–Kier alpha value is -1.47. The van der Waals surface area contributed by atoms with Gasteiger partial charge in [0, 0.05) is 0 Å². The fraction of sp³-hybridized carbons (Fsp3) is 0.294. The Labute approximate surface area is 120 Å². The molecule has 0 bridgehead atoms. The van der Waals surface area contributed by atoms with Crippen LogP contribution in [0, 0.1) is 6.92 Å². The monoisotopic (exact) mass is 274 g/mol. The smallest absolute Gasteiger partial charge is 0.122 e. The van der Waals surface area contributed by atoms with Gasteiger partial charge in [0.15, 0.2) is 0 Å². The van der Waals surface area contributed by atoms with Gasteiger partial charge in [-0.25, -0.2) is 0 Å². The van der Waals surface area contributed by atoms with Crippen molar-refractivity contribution in [2.45, 2.75) is 25.1 Å². The van der Waals surface area contributed by atoms with E-state index in [4.69, 9.17) is 16.3 Å². The predicted molar refractivity (Wildman–Crippen MR) is 81.1 cm³/mol. The average Bonchev–Trinajstić information content (AvgIpc) is 2.46. The van der Waals surface area contributed by atoms with Crippen molar-refractivity contribution in [2.24, 2.45) is 0 Å². The first-order chi connectivity index (χ1) is 9.20. The Kier molecular flexibility index (Phi) is 4.86. The summed E-state index contributed by atoms with van der Waals surface area (Å²) < 4.78 is 5.40. The van der Waals surface area contributed by atoms with Crippen molar-refractivity contribution in [3.05, 3.63) is 65.2 Å². The number of halogens is 1. The molecule has 0 aliphatic rings. The highest BCUT2D eigenvalue weighted by Crippen LogP contribution is 2.28. The van der Waals surface area contributed by atoms with Gasteiger partial charge in [0.05, 0.1) is 12.5 Å². The third-order valence-electron chi connectivity index (χ3n) is 3.26. The summed E-state index contributed by atoms with van der Waals surface area (Å²) in [5.41, 5.74) is 3.65. The van der Waals surface area contributed by atoms with Gasteiger partial charge >= 0.3 is 0 Å². The molecule has 0 amide bonds. The van der Waals surface area contributed by atoms with Gasteiger partial charge in [-0.3, -0.25) is 0 Å². The number of hydrogen-bond acceptors (Lipinski definition) is 1. The maximum atomic E-state index is 6.45. The van der Waals surface area contributed by atoms with Crippen LogP contribution in [0.5, 0.6) is 5.75 Å². The molecule has 1 nitrogen and oxygen atoms in total. The molecular weight excluding hydrogens is 256 g/mol. The zero-order chi connectivity index (χ0) is 13.7. The maximum Gasteiger partial charge on any atom is 0.122 e. The standard InChI is InChI=1S/C17H19ClO/c1-13-8-11-17(19-2)15(12-13)9-10-16(18)14-6-4-3-5-7-14/h3-8,11-12,16H,9-10H2,1-2H3. The maximum absolute atomic E-state index is 6.45. The van der Waals surface area contributed by atoms with Gasteiger partial charge in [0.2, 0.25) is 0 Å². The number of benzene rings is 2. The summed E-state index contributed by atoms with van der Waals surface area (Å²) in [6, 6.07) is 16.5. The van der Waals surface area contributed by atoms with E-state index in [9.17, 15) is 0 Å². The molecule has 0 radical (unpaired) electrons. The number of methoxy groups -OCH3 is 1. The predicted octanol–water partition coefficient (Wildman–Crippen LogP) is 4.92. The normalized spacial score (nSPS) is 12.2. The van der Waals surface area contributed by atoms with Crippen LogP contribution in [0.2, 0.25) is 0 Å². The summed E-state index contributed by atoms with van der Waals surface area (Å²) in [5.74, 6) is 0.947. The first-order valence-corrected chi connectivity index (χ1v) is 6.97. The van der Waals surface area contributed by atoms with Crippen LogP contribution >= 0.6 is 11.6 Å². The molecule has 1 unspecified atom stereocenters. The lowest BCUT2D eigenvalue weighted by Crippen LogP contribution is -1.97. The van der Waals surface area contributed by atoms with Crippen molar-refractivity contribution in [3.8, 4) is 5.75 Å². The third kappa shape index (κ3) is 3.74. The summed E-state index contributed by atoms with van der Waals surface area (Å²) >= 11 is 6.45. The molecule has 2 heteroatoms. The summed E-state index contributed by atoms with van der Waals surface area (Å²) in [6.45, 7) is 2.10. The molecule has 0 saturated heterocycles. The molecule has 0 aliphatic heterocycles. The molecule has 2 rings (SSSR count). The second-order valence-corrected chi connectivity index (χ2v) is 5.26. The SMILES string of the molecule is COc1ccc(C)cc1CCC(Cl)c1ccccc1. The summed E-state index contributed by atoms with van der Waals surface area (Å²) in [5, 5.41) is 0.0476. The summed E-state index contributed by atoms with van der Waals surface area (Å²) in [7, 11) is 1.71. The van der Waals surface area contributed by atoms with Crippen molar-refractivity contribution in [1.82, 2.24) is 0 Å². The van der Waals surface area contributed by atoms with Crippen LogP contribution in [0.3, 0.4) is 0 Å². The van der Waals surface area contributed by atoms with Crippen LogP contribution in [0.1, 0.15) is 28.5 Å². The molecule has 19 heavy (non-hydrogen) atoms. The van der Waals surface area contributed by atoms with Crippen LogP contribution in [0.15, 0.2) is 48.5 Å². The first-order valence-electron chi connectivity index (χ1n) is 6.53. The Morgan fingerprint density at radius 3 is 2.53 bits per heavy atom. The van der Waals surface area contributed by atoms with Crippen LogP contribution < -0.4 is 4.74 Å². The molecule has 0 saturated carbocycles. The fourth-order valence-corrected chi connectivity index (χ4v) is 2.47. The van der Waals surface area contributed by atoms with E-state index in [1.165, 1.54) is 16.7 Å². The minimum atomic E-state index is 0.0476. The van der Waals surface area contributed by atoms with Gasteiger partial charge in [-0.15, -0.1) is 11.6 Å². The van der Waals surface area contributed by atoms with E-state index in [-0.39, 0.29) is 5.38 Å². The van der Waals surface area contributed by atoms with Crippen LogP contribution in [-0.2, 0) is 6.42 Å². The molecule has 100 valence electrons. The van der Waals surface area contributed by atoms with Crippen LogP contribution in [0.25, 0.3) is 0 Å². The van der Waals surface area contributed by atoms with Crippen LogP contribution in [-0.4, -0.2) is 7.11 Å². The Bertz CT molecular complexity index is 522. The highest BCUT2D eigenvalue weighted by atomic mass is 35.5. The van der Waals surface area contributed by atoms with E-state index in [0.29, 0.717) is 0 Å². The van der Waals surface area contributed by atoms with Crippen molar-refractivity contribution in [2.75, 3.05) is 7.11 Å². The molecule has 0 N–H and O–H groups in total. The summed E-state index contributed by atoms with van der Waals surface area (Å²) in [6.07, 6.45) is 1.83. The number of hydrogen-bond donors (Lipinski definition) is 0. The topological polar surface area (TPSA) is 9.23 Å². The highest BCUT2D eigenvalue weighted by molar-refractivity contribution is 6.20. The fourth-order valence-electron chi connectivity index (χ4n) is 2.21. The molecule has 1 atom stereocenters. The van der Waals surface area contributed by atoms with Gasteiger partial charge in [0.25, 0.3) is 0 Å². The van der Waals surface area contributed by atoms with Gasteiger partial charge in [-0.05, 0) is 37.0 Å². The Morgan fingerprint density at radius 1 is 1.11 bits per heavy atom. The highest BCUT2D eigenvalue weighted by Gasteiger charge is 2.10. The summed E-state index contributed by atoms with van der Waals surface area (Å²) in [4.78, 5) is 0. The number of ether oxygens (including phenoxy) is 1. The van der Waals surface area contributed by atoms with Crippen molar-refractivity contribution >= 4 is 11.6 Å². The molecule has 0 aliphatic carbocycles. The Morgan fingerprint density at radius 2 is 1.84 bits per heavy atom. The lowest BCUT2D eigenvalue weighted by molar-refractivity contribution is 0.409. The van der Waals surface area contributed by atoms with Gasteiger partial charge in [-0.1, -0.05) is 48.0 Å². The number of rotatable bonds is 5. The minimum absolute atomic E-state index is 0.0476. The van der Waals surface area contributed by atoms with E-state index in [1.54, 1.807) is 7.11 Å². The average molecular weight is 275 g/mol. The number of alkyl halides is 1. The number of aryl methyl sites for hydroxylation is 2. The van der Waals surface area contributed by atoms with Gasteiger partial charge in [-0.2, -0.15) is 0 Å². The zero-order valence-electron chi connectivity index (χ0n) is 11.4. The molecule has 2 aromatic rings. The Balaban J connectivity index is 2.04. The van der Waals surface area contributed by atoms with E-state index >= 15 is 0 Å². The van der Waals surface area contributed by atoms with Gasteiger partial charge in [0.1, 0.15) is 5.75 Å². The molecular formula is C17H19ClO. The molecule has 2 aromatic carbocycles. The van der Waals surface area contributed by atoms with E-state index in [1.807, 2.05) is 24.3 Å². The minimum Gasteiger partial charge on any atom is -0.496 e. The third-order valence-corrected chi connectivity index (χ3v) is 3.73. The van der Waals surface area contributed by atoms with Crippen molar-refractivity contribution in [3.63, 3.8) is 0 Å². The first kappa shape index (κ1) is 14.0. The van der Waals surface area contributed by atoms with Crippen LogP contribution in [0.4, 0.5) is 0 Å². The largest absolute Gasteiger partial charge is 0.496 e. The quantitative estimate of drug-likeness (QED) is 0.704. The van der Waals surface area contributed by atoms with E-state index in [2.05, 4.69) is 31.2 Å². The van der Waals surface area contributed by atoms with E-state index in [0.717, 1.165) is 18.6 Å². The lowest BCUT2D eigenvalue weighted by atomic mass is 10.0. The van der Waals surface area contributed by atoms with Crippen molar-refractivity contribution < 1.29 is 4.74 Å².